The van der Waals surface area contributed by atoms with Gasteiger partial charge in [-0.3, -0.25) is 5.84 Å². The van der Waals surface area contributed by atoms with E-state index in [9.17, 15) is 19.8 Å². The Morgan fingerprint density at radius 2 is 1.88 bits per heavy atom. The summed E-state index contributed by atoms with van der Waals surface area (Å²) in [6.07, 6.45) is 2.41. The van der Waals surface area contributed by atoms with Crippen molar-refractivity contribution in [2.24, 2.45) is 22.6 Å². The first-order valence-electron chi connectivity index (χ1n) is 10.9. The molecule has 4 atom stereocenters. The minimum atomic E-state index is -1.29. The van der Waals surface area contributed by atoms with Gasteiger partial charge in [-0.1, -0.05) is 26.8 Å². The molecule has 2 bridgehead atoms. The van der Waals surface area contributed by atoms with Gasteiger partial charge in [0, 0.05) is 17.3 Å². The SMILES string of the molecule is CC1(C)C2CC[C@@](C)(C2)C1OC(=O)OCCOC(=O)[C@](C)(Cc1ccc(O)c(O)c1)NN. The van der Waals surface area contributed by atoms with Gasteiger partial charge in [0.2, 0.25) is 0 Å². The van der Waals surface area contributed by atoms with Crippen molar-refractivity contribution >= 4 is 12.1 Å². The van der Waals surface area contributed by atoms with E-state index in [1.807, 2.05) is 0 Å². The topological polar surface area (TPSA) is 140 Å². The second-order valence-corrected chi connectivity index (χ2v) is 10.1. The van der Waals surface area contributed by atoms with Crippen LogP contribution in [-0.2, 0) is 25.4 Å². The zero-order chi connectivity index (χ0) is 23.7. The number of aromatic hydroxyl groups is 2. The maximum Gasteiger partial charge on any atom is 0.508 e. The van der Waals surface area contributed by atoms with Crippen LogP contribution in [0.15, 0.2) is 18.2 Å². The average Bonchev–Trinajstić information content (AvgIpc) is 3.22. The molecule has 9 heteroatoms. The van der Waals surface area contributed by atoms with Crippen LogP contribution in [0.3, 0.4) is 0 Å². The summed E-state index contributed by atoms with van der Waals surface area (Å²) < 4.78 is 16.1. The van der Waals surface area contributed by atoms with E-state index in [2.05, 4.69) is 26.2 Å². The second-order valence-electron chi connectivity index (χ2n) is 10.1. The largest absolute Gasteiger partial charge is 0.508 e. The third kappa shape index (κ3) is 4.63. The van der Waals surface area contributed by atoms with Gasteiger partial charge in [0.1, 0.15) is 24.9 Å². The number of carbonyl (C=O) groups is 2. The summed E-state index contributed by atoms with van der Waals surface area (Å²) in [7, 11) is 0. The van der Waals surface area contributed by atoms with E-state index in [4.69, 9.17) is 20.1 Å². The predicted octanol–water partition coefficient (Wildman–Crippen LogP) is 2.77. The number of phenolic OH excluding ortho intramolecular Hbond substituents is 2. The summed E-state index contributed by atoms with van der Waals surface area (Å²) >= 11 is 0. The number of nitrogens with two attached hydrogens (primary N) is 1. The first-order chi connectivity index (χ1) is 14.9. The van der Waals surface area contributed by atoms with Crippen molar-refractivity contribution in [1.29, 1.82) is 0 Å². The summed E-state index contributed by atoms with van der Waals surface area (Å²) in [5.41, 5.74) is 1.61. The van der Waals surface area contributed by atoms with Crippen molar-refractivity contribution in [2.45, 2.75) is 65.0 Å². The Balaban J connectivity index is 1.46. The predicted molar refractivity (Wildman–Crippen MR) is 116 cm³/mol. The zero-order valence-electron chi connectivity index (χ0n) is 19.1. The molecule has 0 aromatic heterocycles. The summed E-state index contributed by atoms with van der Waals surface area (Å²) in [5, 5.41) is 19.1. The summed E-state index contributed by atoms with van der Waals surface area (Å²) in [5.74, 6) is 4.91. The van der Waals surface area contributed by atoms with E-state index in [-0.39, 0.29) is 48.1 Å². The first kappa shape index (κ1) is 24.1. The third-order valence-electron chi connectivity index (χ3n) is 7.25. The van der Waals surface area contributed by atoms with Crippen LogP contribution in [0.1, 0.15) is 52.5 Å². The van der Waals surface area contributed by atoms with E-state index in [1.165, 1.54) is 12.1 Å². The molecular formula is C23H34N2O7. The Labute approximate surface area is 188 Å². The normalized spacial score (nSPS) is 27.5. The van der Waals surface area contributed by atoms with E-state index < -0.39 is 17.7 Å². The standard InChI is InChI=1S/C23H34N2O7/c1-21(2)15-7-8-22(3,13-15)18(21)32-20(29)31-10-9-30-19(28)23(4,25-24)12-14-5-6-16(26)17(27)11-14/h5-6,11,15,18,25-27H,7-10,12-13,24H2,1-4H3/t15?,18?,22-,23-/m0/s1. The van der Waals surface area contributed by atoms with E-state index >= 15 is 0 Å². The van der Waals surface area contributed by atoms with Crippen LogP contribution in [0.2, 0.25) is 0 Å². The molecule has 3 rings (SSSR count). The fourth-order valence-electron chi connectivity index (χ4n) is 5.37. The molecule has 2 saturated carbocycles. The molecule has 9 nitrogen and oxygen atoms in total. The van der Waals surface area contributed by atoms with Crippen molar-refractivity contribution in [1.82, 2.24) is 5.43 Å². The molecule has 0 amide bonds. The molecule has 0 saturated heterocycles. The fraction of sp³-hybridized carbons (Fsp3) is 0.652. The molecule has 0 spiro atoms. The number of carbonyl (C=O) groups excluding carboxylic acids is 2. The fourth-order valence-corrected chi connectivity index (χ4v) is 5.37. The van der Waals surface area contributed by atoms with Crippen LogP contribution in [0.5, 0.6) is 11.5 Å². The molecular weight excluding hydrogens is 416 g/mol. The molecule has 0 aliphatic heterocycles. The van der Waals surface area contributed by atoms with Crippen LogP contribution >= 0.6 is 0 Å². The maximum absolute atomic E-state index is 12.5. The smallest absolute Gasteiger partial charge is 0.504 e. The lowest BCUT2D eigenvalue weighted by molar-refractivity contribution is -0.152. The molecule has 1 aromatic rings. The number of fused-ring (bicyclic) bond motifs is 2. The van der Waals surface area contributed by atoms with Gasteiger partial charge < -0.3 is 24.4 Å². The second kappa shape index (κ2) is 8.78. The number of esters is 1. The molecule has 0 heterocycles. The van der Waals surface area contributed by atoms with Crippen molar-refractivity contribution in [3.8, 4) is 11.5 Å². The Bertz CT molecular complexity index is 869. The third-order valence-corrected chi connectivity index (χ3v) is 7.25. The van der Waals surface area contributed by atoms with Crippen LogP contribution in [-0.4, -0.2) is 47.2 Å². The number of hydrazine groups is 1. The van der Waals surface area contributed by atoms with Gasteiger partial charge >= 0.3 is 12.1 Å². The molecule has 178 valence electrons. The van der Waals surface area contributed by atoms with Crippen LogP contribution in [0, 0.1) is 16.7 Å². The number of nitrogens with one attached hydrogen (secondary N) is 1. The summed E-state index contributed by atoms with van der Waals surface area (Å²) in [6.45, 7) is 7.69. The quantitative estimate of drug-likeness (QED) is 0.155. The zero-order valence-corrected chi connectivity index (χ0v) is 19.1. The lowest BCUT2D eigenvalue weighted by Crippen LogP contribution is -2.55. The van der Waals surface area contributed by atoms with Gasteiger partial charge in [-0.25, -0.2) is 15.0 Å². The van der Waals surface area contributed by atoms with Gasteiger partial charge in [-0.05, 0) is 49.8 Å². The number of phenols is 2. The van der Waals surface area contributed by atoms with Gasteiger partial charge in [-0.2, -0.15) is 0 Å². The molecule has 2 fully saturated rings. The molecule has 2 aliphatic rings. The Morgan fingerprint density at radius 1 is 1.19 bits per heavy atom. The van der Waals surface area contributed by atoms with Gasteiger partial charge in [0.05, 0.1) is 0 Å². The Kier molecular flexibility index (Phi) is 6.62. The van der Waals surface area contributed by atoms with Gasteiger partial charge in [0.15, 0.2) is 11.5 Å². The number of hydrogen-bond donors (Lipinski definition) is 4. The highest BCUT2D eigenvalue weighted by atomic mass is 16.7. The minimum absolute atomic E-state index is 0.0169. The lowest BCUT2D eigenvalue weighted by Gasteiger charge is -2.41. The summed E-state index contributed by atoms with van der Waals surface area (Å²) in [4.78, 5) is 24.8. The minimum Gasteiger partial charge on any atom is -0.504 e. The number of rotatable bonds is 8. The molecule has 5 N–H and O–H groups in total. The van der Waals surface area contributed by atoms with Crippen molar-refractivity contribution in [3.63, 3.8) is 0 Å². The van der Waals surface area contributed by atoms with Crippen molar-refractivity contribution in [3.05, 3.63) is 23.8 Å². The van der Waals surface area contributed by atoms with Crippen LogP contribution in [0.25, 0.3) is 0 Å². The van der Waals surface area contributed by atoms with Gasteiger partial charge in [0.25, 0.3) is 0 Å². The first-order valence-corrected chi connectivity index (χ1v) is 10.9. The van der Waals surface area contributed by atoms with Crippen LogP contribution in [0.4, 0.5) is 4.79 Å². The number of benzene rings is 1. The Morgan fingerprint density at radius 3 is 2.47 bits per heavy atom. The lowest BCUT2D eigenvalue weighted by atomic mass is 9.70. The molecule has 2 aliphatic carbocycles. The molecule has 1 aromatic carbocycles. The molecule has 32 heavy (non-hydrogen) atoms. The van der Waals surface area contributed by atoms with Crippen molar-refractivity contribution < 1.29 is 34.0 Å². The number of hydrogen-bond acceptors (Lipinski definition) is 9. The maximum atomic E-state index is 12.5. The van der Waals surface area contributed by atoms with E-state index in [0.717, 1.165) is 19.3 Å². The average molecular weight is 451 g/mol. The highest BCUT2D eigenvalue weighted by Gasteiger charge is 2.61. The summed E-state index contributed by atoms with van der Waals surface area (Å²) in [6, 6.07) is 4.23. The monoisotopic (exact) mass is 450 g/mol. The van der Waals surface area contributed by atoms with Gasteiger partial charge in [-0.15, -0.1) is 0 Å². The Hall–Kier alpha value is -2.52. The van der Waals surface area contributed by atoms with Crippen molar-refractivity contribution in [2.75, 3.05) is 13.2 Å². The van der Waals surface area contributed by atoms with E-state index in [1.54, 1.807) is 13.0 Å². The highest BCUT2D eigenvalue weighted by Crippen LogP contribution is 2.63. The number of ether oxygens (including phenoxy) is 3. The highest BCUT2D eigenvalue weighted by molar-refractivity contribution is 5.80. The van der Waals surface area contributed by atoms with E-state index in [0.29, 0.717) is 11.5 Å². The van der Waals surface area contributed by atoms with Crippen LogP contribution < -0.4 is 11.3 Å². The molecule has 2 unspecified atom stereocenters. The molecule has 0 radical (unpaired) electrons.